The van der Waals surface area contributed by atoms with Gasteiger partial charge in [0.1, 0.15) is 0 Å². The molecule has 0 aromatic heterocycles. The third-order valence-corrected chi connectivity index (χ3v) is 9.63. The van der Waals surface area contributed by atoms with E-state index in [1.165, 1.54) is 36.4 Å². The third kappa shape index (κ3) is 4.64. The first-order chi connectivity index (χ1) is 14.9. The van der Waals surface area contributed by atoms with Crippen molar-refractivity contribution in [3.05, 3.63) is 102 Å². The van der Waals surface area contributed by atoms with Gasteiger partial charge >= 0.3 is 0 Å². The maximum absolute atomic E-state index is 13.6. The van der Waals surface area contributed by atoms with Gasteiger partial charge in [-0.1, -0.05) is 66.6 Å². The molecule has 0 saturated carbocycles. The monoisotopic (exact) mass is 469 g/mol. The fourth-order valence-electron chi connectivity index (χ4n) is 3.19. The van der Waals surface area contributed by atoms with Crippen LogP contribution in [0, 0.1) is 13.8 Å². The molecule has 1 atom stereocenters. The molecule has 1 unspecified atom stereocenters. The normalized spacial score (nSPS) is 12.9. The highest BCUT2D eigenvalue weighted by Crippen LogP contribution is 2.33. The molecule has 0 aliphatic rings. The Balaban J connectivity index is 2.21. The Morgan fingerprint density at radius 2 is 1.09 bits per heavy atom. The van der Waals surface area contributed by atoms with Crippen molar-refractivity contribution in [1.82, 2.24) is 0 Å². The maximum Gasteiger partial charge on any atom is 0.277 e. The minimum Gasteiger partial charge on any atom is -0.200 e. The molecular formula is C25H27NO4S2. The number of nitrogens with zero attached hydrogens (tertiary/aromatic N) is 1. The largest absolute Gasteiger partial charge is 0.277 e. The van der Waals surface area contributed by atoms with E-state index >= 15 is 0 Å². The first-order valence-corrected chi connectivity index (χ1v) is 13.0. The van der Waals surface area contributed by atoms with E-state index in [-0.39, 0.29) is 21.4 Å². The Labute approximate surface area is 191 Å². The van der Waals surface area contributed by atoms with Crippen molar-refractivity contribution in [2.75, 3.05) is 3.71 Å². The standard InChI is InChI=1S/C25H27NO4S2/c1-18(2)21(5)22-10-12-23(13-11-22)26(31(27,28)24-14-6-19(3)7-15-24)32(29,30)25-16-8-20(4)9-17-25/h6-17,21H,1H2,2-5H3. The second-order valence-corrected chi connectivity index (χ2v) is 11.8. The molecule has 0 spiro atoms. The lowest BCUT2D eigenvalue weighted by atomic mass is 9.95. The van der Waals surface area contributed by atoms with Crippen LogP contribution in [0.4, 0.5) is 5.69 Å². The fraction of sp³-hybridized carbons (Fsp3) is 0.200. The minimum atomic E-state index is -4.41. The lowest BCUT2D eigenvalue weighted by Crippen LogP contribution is -2.37. The average molecular weight is 470 g/mol. The van der Waals surface area contributed by atoms with Gasteiger partial charge in [-0.25, -0.2) is 16.8 Å². The quantitative estimate of drug-likeness (QED) is 0.424. The van der Waals surface area contributed by atoms with Crippen molar-refractivity contribution in [1.29, 1.82) is 0 Å². The fourth-order valence-corrected chi connectivity index (χ4v) is 6.88. The van der Waals surface area contributed by atoms with Crippen LogP contribution in [-0.4, -0.2) is 16.8 Å². The van der Waals surface area contributed by atoms with Gasteiger partial charge in [0.2, 0.25) is 0 Å². The summed E-state index contributed by atoms with van der Waals surface area (Å²) in [5.74, 6) is 0.0555. The number of hydrogen-bond acceptors (Lipinski definition) is 4. The molecule has 3 rings (SSSR count). The van der Waals surface area contributed by atoms with E-state index in [0.717, 1.165) is 22.3 Å². The predicted octanol–water partition coefficient (Wildman–Crippen LogP) is 5.57. The van der Waals surface area contributed by atoms with E-state index in [1.807, 2.05) is 27.7 Å². The summed E-state index contributed by atoms with van der Waals surface area (Å²) in [6.45, 7) is 11.5. The van der Waals surface area contributed by atoms with Gasteiger partial charge in [0.05, 0.1) is 15.5 Å². The Bertz CT molecular complexity index is 1250. The number of aryl methyl sites for hydroxylation is 2. The first-order valence-electron chi connectivity index (χ1n) is 10.1. The van der Waals surface area contributed by atoms with E-state index in [9.17, 15) is 16.8 Å². The number of sulfonamides is 2. The van der Waals surface area contributed by atoms with Crippen LogP contribution in [0.15, 0.2) is 94.7 Å². The Kier molecular flexibility index (Phi) is 6.62. The molecule has 168 valence electrons. The van der Waals surface area contributed by atoms with Crippen LogP contribution in [0.3, 0.4) is 0 Å². The van der Waals surface area contributed by atoms with Crippen molar-refractivity contribution >= 4 is 25.7 Å². The van der Waals surface area contributed by atoms with E-state index in [0.29, 0.717) is 3.71 Å². The molecule has 0 amide bonds. The van der Waals surface area contributed by atoms with E-state index < -0.39 is 20.0 Å². The minimum absolute atomic E-state index is 0.0452. The lowest BCUT2D eigenvalue weighted by molar-refractivity contribution is 0.584. The Morgan fingerprint density at radius 1 is 0.719 bits per heavy atom. The van der Waals surface area contributed by atoms with Gasteiger partial charge in [0.15, 0.2) is 0 Å². The molecule has 32 heavy (non-hydrogen) atoms. The van der Waals surface area contributed by atoms with Crippen molar-refractivity contribution < 1.29 is 16.8 Å². The summed E-state index contributed by atoms with van der Waals surface area (Å²) in [6, 6.07) is 18.7. The summed E-state index contributed by atoms with van der Waals surface area (Å²) in [6.07, 6.45) is 0. The molecule has 0 radical (unpaired) electrons. The predicted molar refractivity (Wildman–Crippen MR) is 129 cm³/mol. The van der Waals surface area contributed by atoms with Crippen molar-refractivity contribution in [2.45, 2.75) is 43.4 Å². The molecule has 5 nitrogen and oxygen atoms in total. The summed E-state index contributed by atoms with van der Waals surface area (Å²) in [5, 5.41) is 0. The molecule has 0 aliphatic carbocycles. The van der Waals surface area contributed by atoms with Crippen LogP contribution in [-0.2, 0) is 20.0 Å². The Morgan fingerprint density at radius 3 is 1.44 bits per heavy atom. The number of allylic oxidation sites excluding steroid dienone is 1. The molecule has 0 heterocycles. The molecule has 0 saturated heterocycles. The second kappa shape index (κ2) is 8.92. The number of benzene rings is 3. The summed E-state index contributed by atoms with van der Waals surface area (Å²) in [7, 11) is -8.82. The number of anilines is 1. The van der Waals surface area contributed by atoms with Crippen LogP contribution in [0.5, 0.6) is 0 Å². The zero-order chi connectivity index (χ0) is 23.7. The SMILES string of the molecule is C=C(C)C(C)c1ccc(N(S(=O)(=O)c2ccc(C)cc2)S(=O)(=O)c2ccc(C)cc2)cc1. The second-order valence-electron chi connectivity index (χ2n) is 7.99. The van der Waals surface area contributed by atoms with Crippen LogP contribution < -0.4 is 3.71 Å². The summed E-state index contributed by atoms with van der Waals surface area (Å²) < 4.78 is 54.9. The van der Waals surface area contributed by atoms with Gasteiger partial charge in [-0.3, -0.25) is 0 Å². The maximum atomic E-state index is 13.6. The highest BCUT2D eigenvalue weighted by molar-refractivity contribution is 8.10. The summed E-state index contributed by atoms with van der Waals surface area (Å²) in [4.78, 5) is -0.198. The van der Waals surface area contributed by atoms with Gasteiger partial charge in [-0.2, -0.15) is 3.71 Å². The van der Waals surface area contributed by atoms with Crippen molar-refractivity contribution in [3.63, 3.8) is 0 Å². The van der Waals surface area contributed by atoms with E-state index in [2.05, 4.69) is 6.58 Å². The highest BCUT2D eigenvalue weighted by atomic mass is 32.3. The van der Waals surface area contributed by atoms with Crippen molar-refractivity contribution in [3.8, 4) is 0 Å². The van der Waals surface area contributed by atoms with Gasteiger partial charge in [-0.05, 0) is 62.7 Å². The number of rotatable bonds is 7. The van der Waals surface area contributed by atoms with E-state index in [1.54, 1.807) is 36.4 Å². The highest BCUT2D eigenvalue weighted by Gasteiger charge is 2.37. The van der Waals surface area contributed by atoms with Gasteiger partial charge in [0.25, 0.3) is 20.0 Å². The van der Waals surface area contributed by atoms with Gasteiger partial charge in [0, 0.05) is 5.92 Å². The molecular weight excluding hydrogens is 442 g/mol. The van der Waals surface area contributed by atoms with E-state index in [4.69, 9.17) is 0 Å². The molecule has 7 heteroatoms. The van der Waals surface area contributed by atoms with Crippen LogP contribution >= 0.6 is 0 Å². The molecule has 3 aromatic carbocycles. The molecule has 0 N–H and O–H groups in total. The molecule has 3 aromatic rings. The zero-order valence-corrected chi connectivity index (χ0v) is 20.2. The van der Waals surface area contributed by atoms with Crippen molar-refractivity contribution in [2.24, 2.45) is 0 Å². The van der Waals surface area contributed by atoms with Gasteiger partial charge < -0.3 is 0 Å². The Hall–Kier alpha value is -2.90. The smallest absolute Gasteiger partial charge is 0.200 e. The van der Waals surface area contributed by atoms with Crippen LogP contribution in [0.2, 0.25) is 0 Å². The first kappa shape index (κ1) is 23.8. The summed E-state index contributed by atoms with van der Waals surface area (Å²) in [5.41, 5.74) is 3.66. The number of hydrogen-bond donors (Lipinski definition) is 0. The average Bonchev–Trinajstić information content (AvgIpc) is 2.74. The zero-order valence-electron chi connectivity index (χ0n) is 18.6. The van der Waals surface area contributed by atoms with Gasteiger partial charge in [-0.15, -0.1) is 0 Å². The third-order valence-electron chi connectivity index (χ3n) is 5.42. The molecule has 0 fully saturated rings. The molecule has 0 bridgehead atoms. The van der Waals surface area contributed by atoms with Crippen LogP contribution in [0.1, 0.15) is 36.5 Å². The molecule has 0 aliphatic heterocycles. The lowest BCUT2D eigenvalue weighted by Gasteiger charge is -2.25. The van der Waals surface area contributed by atoms with Crippen LogP contribution in [0.25, 0.3) is 0 Å². The topological polar surface area (TPSA) is 71.5 Å². The summed E-state index contributed by atoms with van der Waals surface area (Å²) >= 11 is 0.